The van der Waals surface area contributed by atoms with Crippen molar-refractivity contribution in [3.8, 4) is 6.07 Å². The van der Waals surface area contributed by atoms with E-state index in [-0.39, 0.29) is 0 Å². The second-order valence-corrected chi connectivity index (χ2v) is 6.28. The first-order valence-corrected chi connectivity index (χ1v) is 7.22. The minimum Gasteiger partial charge on any atom is -0.382 e. The van der Waals surface area contributed by atoms with Crippen LogP contribution >= 0.6 is 11.3 Å². The molecule has 0 aliphatic rings. The molecule has 0 aliphatic carbocycles. The Kier molecular flexibility index (Phi) is 4.24. The summed E-state index contributed by atoms with van der Waals surface area (Å²) in [5, 5.41) is 12.4. The number of nitrogens with one attached hydrogen (secondary N) is 1. The van der Waals surface area contributed by atoms with Crippen molar-refractivity contribution >= 4 is 17.0 Å². The Balaban J connectivity index is 2.01. The quantitative estimate of drug-likeness (QED) is 0.900. The van der Waals surface area contributed by atoms with Gasteiger partial charge in [-0.25, -0.2) is 0 Å². The fourth-order valence-corrected chi connectivity index (χ4v) is 3.13. The molecule has 1 N–H and O–H groups in total. The van der Waals surface area contributed by atoms with Crippen LogP contribution < -0.4 is 5.32 Å². The van der Waals surface area contributed by atoms with E-state index in [0.717, 1.165) is 23.2 Å². The highest BCUT2D eigenvalue weighted by molar-refractivity contribution is 7.11. The minimum atomic E-state index is 0.380. The van der Waals surface area contributed by atoms with Crippen molar-refractivity contribution in [2.24, 2.45) is 0 Å². The van der Waals surface area contributed by atoms with Crippen LogP contribution in [0.4, 0.5) is 5.69 Å². The molecule has 0 bridgehead atoms. The van der Waals surface area contributed by atoms with Crippen LogP contribution in [-0.2, 0) is 6.42 Å². The molecule has 0 radical (unpaired) electrons. The van der Waals surface area contributed by atoms with Crippen LogP contribution in [0.1, 0.15) is 27.8 Å². The summed E-state index contributed by atoms with van der Waals surface area (Å²) in [5.41, 5.74) is 2.84. The third kappa shape index (κ3) is 3.59. The number of aryl methyl sites for hydroxylation is 2. The van der Waals surface area contributed by atoms with Gasteiger partial charge < -0.3 is 5.32 Å². The van der Waals surface area contributed by atoms with E-state index in [1.165, 1.54) is 9.75 Å². The SMILES string of the molecule is Cc1ccc(CC(C)Nc2ccc(C#N)c(C)c2)s1. The monoisotopic (exact) mass is 270 g/mol. The summed E-state index contributed by atoms with van der Waals surface area (Å²) in [6, 6.07) is 12.8. The maximum atomic E-state index is 8.92. The lowest BCUT2D eigenvalue weighted by molar-refractivity contribution is 0.800. The summed E-state index contributed by atoms with van der Waals surface area (Å²) in [6.07, 6.45) is 1.03. The molecule has 1 aromatic heterocycles. The molecule has 1 unspecified atom stereocenters. The minimum absolute atomic E-state index is 0.380. The van der Waals surface area contributed by atoms with Gasteiger partial charge in [0, 0.05) is 27.9 Å². The number of nitrogens with zero attached hydrogens (tertiary/aromatic N) is 1. The van der Waals surface area contributed by atoms with Gasteiger partial charge in [0.15, 0.2) is 0 Å². The maximum Gasteiger partial charge on any atom is 0.0994 e. The summed E-state index contributed by atoms with van der Waals surface area (Å²) in [4.78, 5) is 2.76. The Hall–Kier alpha value is -1.79. The zero-order valence-electron chi connectivity index (χ0n) is 11.5. The molecular weight excluding hydrogens is 252 g/mol. The van der Waals surface area contributed by atoms with Crippen LogP contribution in [0.2, 0.25) is 0 Å². The second kappa shape index (κ2) is 5.90. The molecule has 1 atom stereocenters. The van der Waals surface area contributed by atoms with E-state index in [1.54, 1.807) is 0 Å². The van der Waals surface area contributed by atoms with Gasteiger partial charge in [0.2, 0.25) is 0 Å². The average molecular weight is 270 g/mol. The van der Waals surface area contributed by atoms with E-state index < -0.39 is 0 Å². The Morgan fingerprint density at radius 3 is 2.63 bits per heavy atom. The fraction of sp³-hybridized carbons (Fsp3) is 0.312. The molecular formula is C16H18N2S. The van der Waals surface area contributed by atoms with Crippen molar-refractivity contribution in [3.05, 3.63) is 51.2 Å². The van der Waals surface area contributed by atoms with Crippen LogP contribution in [0.25, 0.3) is 0 Å². The van der Waals surface area contributed by atoms with E-state index in [2.05, 4.69) is 37.4 Å². The number of nitriles is 1. The van der Waals surface area contributed by atoms with Gasteiger partial charge in [0.1, 0.15) is 0 Å². The molecule has 3 heteroatoms. The topological polar surface area (TPSA) is 35.8 Å². The predicted octanol–water partition coefficient (Wildman–Crippen LogP) is 4.28. The summed E-state index contributed by atoms with van der Waals surface area (Å²) in [7, 11) is 0. The largest absolute Gasteiger partial charge is 0.382 e. The molecule has 0 saturated carbocycles. The first-order chi connectivity index (χ1) is 9.08. The number of hydrogen-bond acceptors (Lipinski definition) is 3. The zero-order valence-corrected chi connectivity index (χ0v) is 12.3. The van der Waals surface area contributed by atoms with Crippen LogP contribution in [0.5, 0.6) is 0 Å². The highest BCUT2D eigenvalue weighted by Crippen LogP contribution is 2.19. The standard InChI is InChI=1S/C16H18N2S/c1-11-8-15(6-5-14(11)10-17)18-12(2)9-16-7-4-13(3)19-16/h4-8,12,18H,9H2,1-3H3. The van der Waals surface area contributed by atoms with Crippen molar-refractivity contribution in [1.29, 1.82) is 5.26 Å². The van der Waals surface area contributed by atoms with E-state index in [9.17, 15) is 0 Å². The molecule has 2 aromatic rings. The zero-order chi connectivity index (χ0) is 13.8. The van der Waals surface area contributed by atoms with Crippen molar-refractivity contribution in [2.75, 3.05) is 5.32 Å². The van der Waals surface area contributed by atoms with Gasteiger partial charge in [-0.15, -0.1) is 11.3 Å². The predicted molar refractivity (Wildman–Crippen MR) is 81.7 cm³/mol. The molecule has 19 heavy (non-hydrogen) atoms. The van der Waals surface area contributed by atoms with E-state index in [0.29, 0.717) is 6.04 Å². The second-order valence-electron chi connectivity index (χ2n) is 4.90. The molecule has 0 aliphatic heterocycles. The molecule has 0 fully saturated rings. The maximum absolute atomic E-state index is 8.92. The van der Waals surface area contributed by atoms with Gasteiger partial charge in [-0.05, 0) is 56.7 Å². The van der Waals surface area contributed by atoms with Gasteiger partial charge in [-0.3, -0.25) is 0 Å². The van der Waals surface area contributed by atoms with Gasteiger partial charge >= 0.3 is 0 Å². The van der Waals surface area contributed by atoms with Crippen molar-refractivity contribution < 1.29 is 0 Å². The summed E-state index contributed by atoms with van der Waals surface area (Å²) >= 11 is 1.85. The van der Waals surface area contributed by atoms with Crippen LogP contribution in [0, 0.1) is 25.2 Å². The van der Waals surface area contributed by atoms with E-state index in [4.69, 9.17) is 5.26 Å². The molecule has 1 heterocycles. The van der Waals surface area contributed by atoms with E-state index in [1.807, 2.05) is 36.5 Å². The van der Waals surface area contributed by atoms with Crippen molar-refractivity contribution in [3.63, 3.8) is 0 Å². The normalized spacial score (nSPS) is 11.9. The number of hydrogen-bond donors (Lipinski definition) is 1. The third-order valence-electron chi connectivity index (χ3n) is 3.06. The Bertz CT molecular complexity index is 607. The number of anilines is 1. The smallest absolute Gasteiger partial charge is 0.0994 e. The van der Waals surface area contributed by atoms with Gasteiger partial charge in [0.05, 0.1) is 11.6 Å². The van der Waals surface area contributed by atoms with E-state index >= 15 is 0 Å². The van der Waals surface area contributed by atoms with Crippen LogP contribution in [-0.4, -0.2) is 6.04 Å². The lowest BCUT2D eigenvalue weighted by Gasteiger charge is -2.15. The summed E-state index contributed by atoms with van der Waals surface area (Å²) < 4.78 is 0. The first kappa shape index (κ1) is 13.6. The van der Waals surface area contributed by atoms with Gasteiger partial charge in [0.25, 0.3) is 0 Å². The molecule has 0 spiro atoms. The third-order valence-corrected chi connectivity index (χ3v) is 4.09. The molecule has 0 saturated heterocycles. The summed E-state index contributed by atoms with van der Waals surface area (Å²) in [6.45, 7) is 6.29. The molecule has 2 rings (SSSR count). The highest BCUT2D eigenvalue weighted by atomic mass is 32.1. The van der Waals surface area contributed by atoms with Crippen LogP contribution in [0.3, 0.4) is 0 Å². The van der Waals surface area contributed by atoms with Crippen molar-refractivity contribution in [1.82, 2.24) is 0 Å². The Labute approximate surface area is 118 Å². The first-order valence-electron chi connectivity index (χ1n) is 6.41. The molecule has 2 nitrogen and oxygen atoms in total. The number of thiophene rings is 1. The number of rotatable bonds is 4. The molecule has 0 amide bonds. The van der Waals surface area contributed by atoms with Gasteiger partial charge in [-0.1, -0.05) is 0 Å². The van der Waals surface area contributed by atoms with Crippen molar-refractivity contribution in [2.45, 2.75) is 33.2 Å². The molecule has 1 aromatic carbocycles. The Morgan fingerprint density at radius 2 is 2.05 bits per heavy atom. The van der Waals surface area contributed by atoms with Crippen LogP contribution in [0.15, 0.2) is 30.3 Å². The Morgan fingerprint density at radius 1 is 1.26 bits per heavy atom. The fourth-order valence-electron chi connectivity index (χ4n) is 2.11. The highest BCUT2D eigenvalue weighted by Gasteiger charge is 2.06. The average Bonchev–Trinajstić information content (AvgIpc) is 2.74. The molecule has 98 valence electrons. The summed E-state index contributed by atoms with van der Waals surface area (Å²) in [5.74, 6) is 0. The lowest BCUT2D eigenvalue weighted by Crippen LogP contribution is -2.17. The number of benzene rings is 1. The lowest BCUT2D eigenvalue weighted by atomic mass is 10.1. The van der Waals surface area contributed by atoms with Gasteiger partial charge in [-0.2, -0.15) is 5.26 Å².